The highest BCUT2D eigenvalue weighted by atomic mass is 16.5. The molecule has 2 amide bonds. The number of nitrogens with zero attached hydrogens (tertiary/aromatic N) is 3. The SMILES string of the molecule is CCC1(CC)NC(=O)C(C)N(CCc2noc(C)n2)C1=O. The number of piperazine rings is 1. The fourth-order valence-corrected chi connectivity index (χ4v) is 2.67. The largest absolute Gasteiger partial charge is 0.340 e. The van der Waals surface area contributed by atoms with Crippen LogP contribution >= 0.6 is 0 Å². The molecule has 1 aliphatic heterocycles. The predicted octanol–water partition coefficient (Wildman–Crippen LogP) is 0.826. The maximum absolute atomic E-state index is 12.7. The lowest BCUT2D eigenvalue weighted by molar-refractivity contribution is -0.154. The minimum atomic E-state index is -0.781. The Morgan fingerprint density at radius 2 is 2.00 bits per heavy atom. The Balaban J connectivity index is 2.15. The van der Waals surface area contributed by atoms with E-state index in [0.29, 0.717) is 37.5 Å². The van der Waals surface area contributed by atoms with Crippen LogP contribution in [0.2, 0.25) is 0 Å². The topological polar surface area (TPSA) is 88.3 Å². The van der Waals surface area contributed by atoms with Gasteiger partial charge in [0.2, 0.25) is 17.7 Å². The van der Waals surface area contributed by atoms with Crippen molar-refractivity contribution in [3.05, 3.63) is 11.7 Å². The minimum absolute atomic E-state index is 0.0279. The molecule has 0 saturated carbocycles. The number of aryl methyl sites for hydroxylation is 1. The van der Waals surface area contributed by atoms with E-state index in [1.165, 1.54) is 0 Å². The van der Waals surface area contributed by atoms with Gasteiger partial charge in [-0.3, -0.25) is 9.59 Å². The summed E-state index contributed by atoms with van der Waals surface area (Å²) in [4.78, 5) is 30.6. The van der Waals surface area contributed by atoms with Crippen molar-refractivity contribution in [3.8, 4) is 0 Å². The molecular formula is C14H22N4O3. The monoisotopic (exact) mass is 294 g/mol. The summed E-state index contributed by atoms with van der Waals surface area (Å²) in [5.41, 5.74) is -0.781. The number of carbonyl (C=O) groups excluding carboxylic acids is 2. The van der Waals surface area contributed by atoms with Crippen LogP contribution in [0.1, 0.15) is 45.3 Å². The van der Waals surface area contributed by atoms with Crippen molar-refractivity contribution in [2.24, 2.45) is 0 Å². The molecule has 2 rings (SSSR count). The van der Waals surface area contributed by atoms with Gasteiger partial charge in [-0.05, 0) is 19.8 Å². The smallest absolute Gasteiger partial charge is 0.248 e. The van der Waals surface area contributed by atoms with Gasteiger partial charge in [0.1, 0.15) is 11.6 Å². The van der Waals surface area contributed by atoms with E-state index in [-0.39, 0.29) is 11.8 Å². The molecule has 0 aliphatic carbocycles. The zero-order chi connectivity index (χ0) is 15.6. The molecule has 1 saturated heterocycles. The Kier molecular flexibility index (Phi) is 4.29. The Hall–Kier alpha value is -1.92. The molecule has 0 spiro atoms. The number of rotatable bonds is 5. The van der Waals surface area contributed by atoms with Gasteiger partial charge in [-0.2, -0.15) is 4.98 Å². The van der Waals surface area contributed by atoms with Gasteiger partial charge in [-0.25, -0.2) is 0 Å². The van der Waals surface area contributed by atoms with Crippen molar-refractivity contribution >= 4 is 11.8 Å². The molecule has 1 fully saturated rings. The first-order valence-corrected chi connectivity index (χ1v) is 7.35. The molecular weight excluding hydrogens is 272 g/mol. The van der Waals surface area contributed by atoms with Crippen LogP contribution in [0.4, 0.5) is 0 Å². The van der Waals surface area contributed by atoms with E-state index in [0.717, 1.165) is 0 Å². The minimum Gasteiger partial charge on any atom is -0.340 e. The highest BCUT2D eigenvalue weighted by Gasteiger charge is 2.47. The van der Waals surface area contributed by atoms with Crippen LogP contribution in [0.5, 0.6) is 0 Å². The summed E-state index contributed by atoms with van der Waals surface area (Å²) >= 11 is 0. The lowest BCUT2D eigenvalue weighted by Crippen LogP contribution is -2.69. The fourth-order valence-electron chi connectivity index (χ4n) is 2.67. The normalized spacial score (nSPS) is 21.5. The number of hydrogen-bond donors (Lipinski definition) is 1. The molecule has 1 atom stereocenters. The number of carbonyl (C=O) groups is 2. The lowest BCUT2D eigenvalue weighted by Gasteiger charge is -2.44. The zero-order valence-corrected chi connectivity index (χ0v) is 13.0. The lowest BCUT2D eigenvalue weighted by atomic mass is 9.87. The second-order valence-corrected chi connectivity index (χ2v) is 5.43. The zero-order valence-electron chi connectivity index (χ0n) is 13.0. The summed E-state index contributed by atoms with van der Waals surface area (Å²) in [5.74, 6) is 0.914. The summed E-state index contributed by atoms with van der Waals surface area (Å²) in [6.07, 6.45) is 1.64. The van der Waals surface area contributed by atoms with Crippen molar-refractivity contribution < 1.29 is 14.1 Å². The van der Waals surface area contributed by atoms with Crippen LogP contribution in [0.25, 0.3) is 0 Å². The number of amides is 2. The second kappa shape index (κ2) is 5.83. The summed E-state index contributed by atoms with van der Waals surface area (Å²) < 4.78 is 4.92. The Morgan fingerprint density at radius 1 is 1.33 bits per heavy atom. The number of nitrogens with one attached hydrogen (secondary N) is 1. The van der Waals surface area contributed by atoms with Crippen LogP contribution in [0.3, 0.4) is 0 Å². The molecule has 1 aromatic rings. The fraction of sp³-hybridized carbons (Fsp3) is 0.714. The van der Waals surface area contributed by atoms with Crippen molar-refractivity contribution in [1.82, 2.24) is 20.4 Å². The van der Waals surface area contributed by atoms with Crippen LogP contribution in [0.15, 0.2) is 4.52 Å². The summed E-state index contributed by atoms with van der Waals surface area (Å²) in [7, 11) is 0. The third kappa shape index (κ3) is 2.77. The average Bonchev–Trinajstić information content (AvgIpc) is 2.89. The van der Waals surface area contributed by atoms with Crippen LogP contribution in [0, 0.1) is 6.92 Å². The molecule has 1 N–H and O–H groups in total. The van der Waals surface area contributed by atoms with Crippen molar-refractivity contribution in [2.75, 3.05) is 6.54 Å². The molecule has 21 heavy (non-hydrogen) atoms. The van der Waals surface area contributed by atoms with Gasteiger partial charge in [-0.1, -0.05) is 19.0 Å². The average molecular weight is 294 g/mol. The Morgan fingerprint density at radius 3 is 2.52 bits per heavy atom. The van der Waals surface area contributed by atoms with E-state index in [4.69, 9.17) is 4.52 Å². The molecule has 116 valence electrons. The highest BCUT2D eigenvalue weighted by Crippen LogP contribution is 2.25. The molecule has 7 nitrogen and oxygen atoms in total. The Bertz CT molecular complexity index is 536. The standard InChI is InChI=1S/C14H22N4O3/c1-5-14(6-2)13(20)18(9(3)12(19)16-14)8-7-11-15-10(4)21-17-11/h9H,5-8H2,1-4H3,(H,16,19). The van der Waals surface area contributed by atoms with E-state index in [2.05, 4.69) is 15.5 Å². The molecule has 0 aromatic carbocycles. The van der Waals surface area contributed by atoms with Crippen LogP contribution in [-0.4, -0.2) is 45.0 Å². The molecule has 1 aliphatic rings. The summed E-state index contributed by atoms with van der Waals surface area (Å²) in [6, 6.07) is -0.475. The van der Waals surface area contributed by atoms with E-state index in [9.17, 15) is 9.59 Å². The quantitative estimate of drug-likeness (QED) is 0.869. The Labute approximate surface area is 124 Å². The first-order valence-electron chi connectivity index (χ1n) is 7.35. The predicted molar refractivity (Wildman–Crippen MR) is 75.4 cm³/mol. The molecule has 7 heteroatoms. The molecule has 1 unspecified atom stereocenters. The van der Waals surface area contributed by atoms with Crippen LogP contribution < -0.4 is 5.32 Å². The molecule has 1 aromatic heterocycles. The van der Waals surface area contributed by atoms with E-state index in [1.54, 1.807) is 18.7 Å². The first-order chi connectivity index (χ1) is 9.93. The summed E-state index contributed by atoms with van der Waals surface area (Å²) in [6.45, 7) is 7.70. The van der Waals surface area contributed by atoms with Gasteiger partial charge in [0, 0.05) is 19.9 Å². The molecule has 2 heterocycles. The van der Waals surface area contributed by atoms with Gasteiger partial charge in [0.05, 0.1) is 0 Å². The van der Waals surface area contributed by atoms with E-state index in [1.807, 2.05) is 13.8 Å². The van der Waals surface area contributed by atoms with Gasteiger partial charge in [0.15, 0.2) is 5.82 Å². The van der Waals surface area contributed by atoms with Crippen LogP contribution in [-0.2, 0) is 16.0 Å². The van der Waals surface area contributed by atoms with Gasteiger partial charge >= 0.3 is 0 Å². The highest BCUT2D eigenvalue weighted by molar-refractivity contribution is 5.99. The van der Waals surface area contributed by atoms with Crippen molar-refractivity contribution in [2.45, 2.75) is 58.5 Å². The van der Waals surface area contributed by atoms with E-state index >= 15 is 0 Å². The summed E-state index contributed by atoms with van der Waals surface area (Å²) in [5, 5.41) is 6.70. The number of hydrogen-bond acceptors (Lipinski definition) is 5. The second-order valence-electron chi connectivity index (χ2n) is 5.43. The number of aromatic nitrogens is 2. The third-order valence-corrected chi connectivity index (χ3v) is 4.23. The molecule has 0 radical (unpaired) electrons. The van der Waals surface area contributed by atoms with Crippen molar-refractivity contribution in [1.29, 1.82) is 0 Å². The van der Waals surface area contributed by atoms with E-state index < -0.39 is 11.6 Å². The van der Waals surface area contributed by atoms with Gasteiger partial charge in [-0.15, -0.1) is 0 Å². The molecule has 0 bridgehead atoms. The maximum atomic E-state index is 12.7. The van der Waals surface area contributed by atoms with Gasteiger partial charge in [0.25, 0.3) is 0 Å². The first kappa shape index (κ1) is 15.5. The maximum Gasteiger partial charge on any atom is 0.248 e. The van der Waals surface area contributed by atoms with Gasteiger partial charge < -0.3 is 14.7 Å². The van der Waals surface area contributed by atoms with Crippen molar-refractivity contribution in [3.63, 3.8) is 0 Å². The third-order valence-electron chi connectivity index (χ3n) is 4.23.